The molecule has 0 saturated carbocycles. The lowest BCUT2D eigenvalue weighted by atomic mass is 10.1. The van der Waals surface area contributed by atoms with Crippen molar-refractivity contribution in [3.8, 4) is 5.75 Å². The van der Waals surface area contributed by atoms with Gasteiger partial charge in [0.05, 0.1) is 0 Å². The molecule has 0 spiro atoms. The number of para-hydroxylation sites is 1. The monoisotopic (exact) mass is 340 g/mol. The summed E-state index contributed by atoms with van der Waals surface area (Å²) in [5.41, 5.74) is 1.58. The van der Waals surface area contributed by atoms with Crippen LogP contribution >= 0.6 is 0 Å². The van der Waals surface area contributed by atoms with Gasteiger partial charge in [0.2, 0.25) is 5.91 Å². The van der Waals surface area contributed by atoms with E-state index in [2.05, 4.69) is 10.6 Å². The Labute approximate surface area is 145 Å². The first-order valence-corrected chi connectivity index (χ1v) is 8.19. The second-order valence-corrected chi connectivity index (χ2v) is 5.73. The lowest BCUT2D eigenvalue weighted by Crippen LogP contribution is -2.46. The smallest absolute Gasteiger partial charge is 0.258 e. The van der Waals surface area contributed by atoms with Gasteiger partial charge < -0.3 is 19.8 Å². The maximum absolute atomic E-state index is 11.9. The Balaban J connectivity index is 1.66. The zero-order valence-electron chi connectivity index (χ0n) is 14.2. The molecule has 0 aliphatic carbocycles. The van der Waals surface area contributed by atoms with E-state index in [-0.39, 0.29) is 18.4 Å². The Morgan fingerprint density at radius 1 is 1.12 bits per heavy atom. The van der Waals surface area contributed by atoms with Gasteiger partial charge in [-0.3, -0.25) is 9.59 Å². The van der Waals surface area contributed by atoms with Crippen LogP contribution in [0.5, 0.6) is 5.75 Å². The third-order valence-corrected chi connectivity index (χ3v) is 3.84. The summed E-state index contributed by atoms with van der Waals surface area (Å²) in [5.74, 6) is -0.00194. The van der Waals surface area contributed by atoms with Crippen molar-refractivity contribution in [1.82, 2.24) is 10.6 Å². The summed E-state index contributed by atoms with van der Waals surface area (Å²) in [6.07, 6.45) is 0. The first kappa shape index (κ1) is 16.8. The van der Waals surface area contributed by atoms with Gasteiger partial charge in [-0.05, 0) is 38.1 Å². The number of ether oxygens (including phenoxy) is 1. The molecule has 1 aromatic heterocycles. The van der Waals surface area contributed by atoms with E-state index >= 15 is 0 Å². The fraction of sp³-hybridized carbons (Fsp3) is 0.263. The predicted octanol–water partition coefficient (Wildman–Crippen LogP) is 2.61. The minimum atomic E-state index is -0.601. The highest BCUT2D eigenvalue weighted by atomic mass is 16.5. The minimum absolute atomic E-state index is 0.162. The summed E-state index contributed by atoms with van der Waals surface area (Å²) >= 11 is 0. The Morgan fingerprint density at radius 3 is 2.68 bits per heavy atom. The van der Waals surface area contributed by atoms with Crippen LogP contribution in [0.2, 0.25) is 0 Å². The first-order valence-electron chi connectivity index (χ1n) is 8.19. The molecule has 0 aliphatic rings. The topological polar surface area (TPSA) is 80.6 Å². The number of hydrogen-bond acceptors (Lipinski definition) is 4. The third kappa shape index (κ3) is 3.74. The Hall–Kier alpha value is -3.02. The SMILES string of the molecule is CCNC(=O)[C@H](C)NC(=O)COc1ccc2oc3ccccc3c2c1. The molecule has 2 amide bonds. The molecule has 2 aromatic carbocycles. The van der Waals surface area contributed by atoms with Crippen molar-refractivity contribution in [3.05, 3.63) is 42.5 Å². The van der Waals surface area contributed by atoms with E-state index in [0.717, 1.165) is 21.9 Å². The van der Waals surface area contributed by atoms with Crippen molar-refractivity contribution >= 4 is 33.8 Å². The van der Waals surface area contributed by atoms with Crippen molar-refractivity contribution in [2.75, 3.05) is 13.2 Å². The zero-order valence-corrected chi connectivity index (χ0v) is 14.2. The maximum Gasteiger partial charge on any atom is 0.258 e. The van der Waals surface area contributed by atoms with E-state index in [1.54, 1.807) is 13.0 Å². The van der Waals surface area contributed by atoms with Crippen molar-refractivity contribution in [2.24, 2.45) is 0 Å². The van der Waals surface area contributed by atoms with Crippen LogP contribution in [0.15, 0.2) is 46.9 Å². The van der Waals surface area contributed by atoms with E-state index in [4.69, 9.17) is 9.15 Å². The van der Waals surface area contributed by atoms with Crippen LogP contribution < -0.4 is 15.4 Å². The Bertz CT molecular complexity index is 916. The van der Waals surface area contributed by atoms with Gasteiger partial charge in [-0.15, -0.1) is 0 Å². The molecular formula is C19H20N2O4. The van der Waals surface area contributed by atoms with Gasteiger partial charge in [0.1, 0.15) is 23.0 Å². The number of benzene rings is 2. The highest BCUT2D eigenvalue weighted by molar-refractivity contribution is 6.05. The van der Waals surface area contributed by atoms with Crippen LogP contribution in [0, 0.1) is 0 Å². The maximum atomic E-state index is 11.9. The quantitative estimate of drug-likeness (QED) is 0.723. The number of carbonyl (C=O) groups excluding carboxylic acids is 2. The summed E-state index contributed by atoms with van der Waals surface area (Å²) in [6.45, 7) is 3.82. The summed E-state index contributed by atoms with van der Waals surface area (Å²) < 4.78 is 11.3. The average molecular weight is 340 g/mol. The van der Waals surface area contributed by atoms with E-state index < -0.39 is 6.04 Å². The third-order valence-electron chi connectivity index (χ3n) is 3.84. The van der Waals surface area contributed by atoms with Crippen molar-refractivity contribution in [2.45, 2.75) is 19.9 Å². The standard InChI is InChI=1S/C19H20N2O4/c1-3-20-19(23)12(2)21-18(22)11-24-13-8-9-17-15(10-13)14-6-4-5-7-16(14)25-17/h4-10,12H,3,11H2,1-2H3,(H,20,23)(H,21,22)/t12-/m0/s1. The van der Waals surface area contributed by atoms with Gasteiger partial charge in [-0.2, -0.15) is 0 Å². The van der Waals surface area contributed by atoms with Crippen LogP contribution in [0.3, 0.4) is 0 Å². The normalized spacial score (nSPS) is 12.1. The molecule has 0 unspecified atom stereocenters. The predicted molar refractivity (Wildman–Crippen MR) is 95.5 cm³/mol. The molecule has 3 rings (SSSR count). The molecule has 0 fully saturated rings. The summed E-state index contributed by atoms with van der Waals surface area (Å²) in [5, 5.41) is 7.19. The number of fused-ring (bicyclic) bond motifs is 3. The van der Waals surface area contributed by atoms with Crippen LogP contribution in [-0.2, 0) is 9.59 Å². The first-order chi connectivity index (χ1) is 12.1. The number of amides is 2. The van der Waals surface area contributed by atoms with E-state index in [1.165, 1.54) is 0 Å². The van der Waals surface area contributed by atoms with Crippen molar-refractivity contribution in [1.29, 1.82) is 0 Å². The Morgan fingerprint density at radius 2 is 1.88 bits per heavy atom. The summed E-state index contributed by atoms with van der Waals surface area (Å²) in [6, 6.07) is 12.6. The number of likely N-dealkylation sites (N-methyl/N-ethyl adjacent to an activating group) is 1. The molecule has 0 aliphatic heterocycles. The molecule has 6 heteroatoms. The van der Waals surface area contributed by atoms with E-state index in [1.807, 2.05) is 43.3 Å². The highest BCUT2D eigenvalue weighted by Gasteiger charge is 2.15. The molecule has 6 nitrogen and oxygen atoms in total. The van der Waals surface area contributed by atoms with Gasteiger partial charge in [0.25, 0.3) is 5.91 Å². The minimum Gasteiger partial charge on any atom is -0.484 e. The number of hydrogen-bond donors (Lipinski definition) is 2. The average Bonchev–Trinajstić information content (AvgIpc) is 2.98. The number of carbonyl (C=O) groups is 2. The lowest BCUT2D eigenvalue weighted by Gasteiger charge is -2.13. The van der Waals surface area contributed by atoms with Crippen LogP contribution in [0.1, 0.15) is 13.8 Å². The molecule has 1 atom stereocenters. The van der Waals surface area contributed by atoms with Gasteiger partial charge in [-0.1, -0.05) is 18.2 Å². The molecule has 0 saturated heterocycles. The van der Waals surface area contributed by atoms with Gasteiger partial charge >= 0.3 is 0 Å². The van der Waals surface area contributed by atoms with Crippen molar-refractivity contribution in [3.63, 3.8) is 0 Å². The van der Waals surface area contributed by atoms with Crippen LogP contribution in [0.4, 0.5) is 0 Å². The second-order valence-electron chi connectivity index (χ2n) is 5.73. The molecule has 0 radical (unpaired) electrons. The second kappa shape index (κ2) is 7.25. The van der Waals surface area contributed by atoms with Crippen LogP contribution in [-0.4, -0.2) is 31.0 Å². The molecule has 2 N–H and O–H groups in total. The van der Waals surface area contributed by atoms with Gasteiger partial charge in [-0.25, -0.2) is 0 Å². The number of rotatable bonds is 6. The Kier molecular flexibility index (Phi) is 4.88. The molecule has 3 aromatic rings. The summed E-state index contributed by atoms with van der Waals surface area (Å²) in [7, 11) is 0. The lowest BCUT2D eigenvalue weighted by molar-refractivity contribution is -0.129. The molecule has 25 heavy (non-hydrogen) atoms. The van der Waals surface area contributed by atoms with Crippen LogP contribution in [0.25, 0.3) is 21.9 Å². The zero-order chi connectivity index (χ0) is 17.8. The van der Waals surface area contributed by atoms with Gasteiger partial charge in [0.15, 0.2) is 6.61 Å². The highest BCUT2D eigenvalue weighted by Crippen LogP contribution is 2.31. The van der Waals surface area contributed by atoms with Gasteiger partial charge in [0, 0.05) is 17.3 Å². The molecule has 1 heterocycles. The molecule has 130 valence electrons. The number of furan rings is 1. The largest absolute Gasteiger partial charge is 0.484 e. The van der Waals surface area contributed by atoms with Crippen molar-refractivity contribution < 1.29 is 18.7 Å². The molecular weight excluding hydrogens is 320 g/mol. The number of nitrogens with one attached hydrogen (secondary N) is 2. The van der Waals surface area contributed by atoms with E-state index in [0.29, 0.717) is 12.3 Å². The molecule has 0 bridgehead atoms. The fourth-order valence-electron chi connectivity index (χ4n) is 2.62. The fourth-order valence-corrected chi connectivity index (χ4v) is 2.62. The van der Waals surface area contributed by atoms with E-state index in [9.17, 15) is 9.59 Å². The summed E-state index contributed by atoms with van der Waals surface area (Å²) in [4.78, 5) is 23.5.